The molecule has 0 radical (unpaired) electrons. The van der Waals surface area contributed by atoms with Gasteiger partial charge in [0.1, 0.15) is 0 Å². The smallest absolute Gasteiger partial charge is 0.872 e. The Bertz CT molecular complexity index is 776. The summed E-state index contributed by atoms with van der Waals surface area (Å²) in [6.07, 6.45) is 12.7. The molecule has 0 saturated carbocycles. The normalized spacial score (nSPS) is 8.83. The van der Waals surface area contributed by atoms with Crippen molar-refractivity contribution >= 4 is 159 Å². The molecule has 216 valence electrons. The molecular formula is C30H42Ba3O8. The number of rotatable bonds is 14. The standard InChI is InChI=1S/2C14H22O.2CH2O3.3Ba/c2*1-2-3-4-5-6-7-10-13-11-8-9-12-14(13)15;2*2-1(3)4;;;/h2*8-9,11-12,15H,2-7,10H2,1H3;2*(H2,2,3,4);;;/q;;;;3*+2/p-6. The Morgan fingerprint density at radius 2 is 0.732 bits per heavy atom. The van der Waals surface area contributed by atoms with Gasteiger partial charge in [-0.05, 0) is 38.0 Å². The van der Waals surface area contributed by atoms with E-state index in [1.807, 2.05) is 36.4 Å². The van der Waals surface area contributed by atoms with Crippen molar-refractivity contribution in [3.8, 4) is 11.5 Å². The van der Waals surface area contributed by atoms with Crippen molar-refractivity contribution in [2.75, 3.05) is 0 Å². The van der Waals surface area contributed by atoms with Gasteiger partial charge in [0.2, 0.25) is 0 Å². The Morgan fingerprint density at radius 1 is 0.488 bits per heavy atom. The molecule has 11 heteroatoms. The molecule has 0 fully saturated rings. The fraction of sp³-hybridized carbons (Fsp3) is 0.533. The molecule has 0 amide bonds. The van der Waals surface area contributed by atoms with Crippen LogP contribution < -0.4 is 30.6 Å². The second kappa shape index (κ2) is 39.3. The number of carbonyl (C=O) groups is 2. The van der Waals surface area contributed by atoms with E-state index in [2.05, 4.69) is 13.8 Å². The van der Waals surface area contributed by atoms with Gasteiger partial charge in [0.25, 0.3) is 0 Å². The predicted octanol–water partition coefficient (Wildman–Crippen LogP) is 1.29. The number of hydrogen-bond donors (Lipinski definition) is 0. The van der Waals surface area contributed by atoms with Gasteiger partial charge in [0.15, 0.2) is 0 Å². The van der Waals surface area contributed by atoms with Crippen molar-refractivity contribution in [1.82, 2.24) is 0 Å². The van der Waals surface area contributed by atoms with E-state index in [9.17, 15) is 10.2 Å². The van der Waals surface area contributed by atoms with E-state index in [1.54, 1.807) is 12.1 Å². The molecule has 0 aliphatic rings. The van der Waals surface area contributed by atoms with Gasteiger partial charge in [-0.2, -0.15) is 0 Å². The maximum Gasteiger partial charge on any atom is 2.00 e. The zero-order chi connectivity index (χ0) is 29.0. The second-order valence-corrected chi connectivity index (χ2v) is 8.75. The Balaban J connectivity index is -0.000000158. The van der Waals surface area contributed by atoms with Crippen LogP contribution in [0.15, 0.2) is 48.5 Å². The van der Waals surface area contributed by atoms with E-state index < -0.39 is 12.3 Å². The molecule has 8 nitrogen and oxygen atoms in total. The summed E-state index contributed by atoms with van der Waals surface area (Å²) >= 11 is 0. The third-order valence-electron chi connectivity index (χ3n) is 5.54. The molecule has 0 atom stereocenters. The van der Waals surface area contributed by atoms with Crippen LogP contribution in [0.25, 0.3) is 0 Å². The van der Waals surface area contributed by atoms with Gasteiger partial charge < -0.3 is 40.2 Å². The summed E-state index contributed by atoms with van der Waals surface area (Å²) in [5.74, 6) is 0.400. The Morgan fingerprint density at radius 3 is 1.00 bits per heavy atom. The van der Waals surface area contributed by atoms with E-state index in [1.165, 1.54) is 64.2 Å². The number of carboxylic acid groups (broad SMARTS) is 4. The van der Waals surface area contributed by atoms with E-state index in [4.69, 9.17) is 30.0 Å². The van der Waals surface area contributed by atoms with Gasteiger partial charge in [0, 0.05) is 0 Å². The molecular weight excluding hydrogens is 900 g/mol. The zero-order valence-electron chi connectivity index (χ0n) is 24.9. The molecule has 0 spiro atoms. The van der Waals surface area contributed by atoms with Gasteiger partial charge >= 0.3 is 147 Å². The predicted molar refractivity (Wildman–Crippen MR) is 154 cm³/mol. The van der Waals surface area contributed by atoms with Gasteiger partial charge in [-0.3, -0.25) is 0 Å². The van der Waals surface area contributed by atoms with Crippen molar-refractivity contribution in [1.29, 1.82) is 0 Å². The zero-order valence-corrected chi connectivity index (χ0v) is 38.2. The van der Waals surface area contributed by atoms with E-state index >= 15 is 0 Å². The number of hydrogen-bond acceptors (Lipinski definition) is 8. The minimum Gasteiger partial charge on any atom is -0.872 e. The SMILES string of the molecule is CCCCCCCCc1ccccc1[O-].CCCCCCCCc1ccccc1[O-].O=C([O-])[O-].O=C([O-])[O-].[Ba+2].[Ba+2].[Ba+2]. The van der Waals surface area contributed by atoms with Gasteiger partial charge in [-0.25, -0.2) is 0 Å². The number of aryl methyl sites for hydroxylation is 2. The first-order valence-electron chi connectivity index (χ1n) is 13.4. The minimum atomic E-state index is -2.33. The summed E-state index contributed by atoms with van der Waals surface area (Å²) in [5, 5.41) is 56.1. The third-order valence-corrected chi connectivity index (χ3v) is 5.54. The topological polar surface area (TPSA) is 172 Å². The van der Waals surface area contributed by atoms with Crippen molar-refractivity contribution in [3.63, 3.8) is 0 Å². The molecule has 0 heterocycles. The van der Waals surface area contributed by atoms with Crippen molar-refractivity contribution in [3.05, 3.63) is 59.7 Å². The van der Waals surface area contributed by atoms with Crippen LogP contribution in [0.1, 0.15) is 102 Å². The summed E-state index contributed by atoms with van der Waals surface area (Å²) in [6, 6.07) is 14.8. The summed E-state index contributed by atoms with van der Waals surface area (Å²) in [4.78, 5) is 16.7. The van der Waals surface area contributed by atoms with Gasteiger partial charge in [-0.1, -0.05) is 138 Å². The van der Waals surface area contributed by atoms with E-state index in [0.717, 1.165) is 36.8 Å². The summed E-state index contributed by atoms with van der Waals surface area (Å²) < 4.78 is 0. The van der Waals surface area contributed by atoms with Crippen LogP contribution in [0.4, 0.5) is 9.59 Å². The number of carbonyl (C=O) groups excluding carboxylic acids is 2. The van der Waals surface area contributed by atoms with Crippen LogP contribution in [0, 0.1) is 0 Å². The summed E-state index contributed by atoms with van der Waals surface area (Å²) in [6.45, 7) is 4.46. The average molecular weight is 943 g/mol. The first kappa shape index (κ1) is 51.9. The molecule has 0 N–H and O–H groups in total. The van der Waals surface area contributed by atoms with Crippen LogP contribution in [-0.4, -0.2) is 159 Å². The monoisotopic (exact) mass is 944 g/mol. The quantitative estimate of drug-likeness (QED) is 0.202. The first-order valence-corrected chi connectivity index (χ1v) is 13.4. The van der Waals surface area contributed by atoms with Crippen LogP contribution >= 0.6 is 0 Å². The fourth-order valence-corrected chi connectivity index (χ4v) is 3.61. The van der Waals surface area contributed by atoms with E-state index in [0.29, 0.717) is 0 Å². The third kappa shape index (κ3) is 41.3. The summed E-state index contributed by atoms with van der Waals surface area (Å²) in [7, 11) is 0. The molecule has 0 aliphatic heterocycles. The molecule has 2 aromatic rings. The Hall–Kier alpha value is 1.29. The second-order valence-electron chi connectivity index (χ2n) is 8.75. The van der Waals surface area contributed by atoms with Gasteiger partial charge in [0.05, 0.1) is 0 Å². The van der Waals surface area contributed by atoms with Crippen molar-refractivity contribution in [2.45, 2.75) is 104 Å². The molecule has 0 bridgehead atoms. The maximum absolute atomic E-state index is 11.4. The Kier molecular flexibility index (Phi) is 49.7. The molecule has 2 aromatic carbocycles. The molecule has 41 heavy (non-hydrogen) atoms. The average Bonchev–Trinajstić information content (AvgIpc) is 2.85. The fourth-order valence-electron chi connectivity index (χ4n) is 3.61. The van der Waals surface area contributed by atoms with Crippen LogP contribution in [-0.2, 0) is 12.8 Å². The minimum absolute atomic E-state index is 0. The van der Waals surface area contributed by atoms with Gasteiger partial charge in [-0.15, -0.1) is 11.5 Å². The molecule has 2 rings (SSSR count). The number of para-hydroxylation sites is 2. The molecule has 0 aromatic heterocycles. The number of unbranched alkanes of at least 4 members (excludes halogenated alkanes) is 10. The van der Waals surface area contributed by atoms with Crippen LogP contribution in [0.2, 0.25) is 0 Å². The molecule has 0 unspecified atom stereocenters. The number of benzene rings is 2. The Labute approximate surface area is 367 Å². The maximum atomic E-state index is 11.4. The van der Waals surface area contributed by atoms with Crippen molar-refractivity contribution in [2.24, 2.45) is 0 Å². The summed E-state index contributed by atoms with van der Waals surface area (Å²) in [5.41, 5.74) is 1.96. The van der Waals surface area contributed by atoms with Crippen molar-refractivity contribution < 1.29 is 40.2 Å². The molecule has 0 aliphatic carbocycles. The molecule has 0 saturated heterocycles. The van der Waals surface area contributed by atoms with Crippen LogP contribution in [0.3, 0.4) is 0 Å². The van der Waals surface area contributed by atoms with Crippen LogP contribution in [0.5, 0.6) is 11.5 Å². The first-order chi connectivity index (χ1) is 18.1. The largest absolute Gasteiger partial charge is 2.00 e. The van der Waals surface area contributed by atoms with E-state index in [-0.39, 0.29) is 158 Å².